The Hall–Kier alpha value is -2.67. The van der Waals surface area contributed by atoms with Crippen molar-refractivity contribution in [2.24, 2.45) is 0 Å². The Morgan fingerprint density at radius 2 is 0.953 bits per heavy atom. The van der Waals surface area contributed by atoms with Crippen LogP contribution in [0.2, 0.25) is 0 Å². The van der Waals surface area contributed by atoms with Crippen molar-refractivity contribution in [2.75, 3.05) is 13.2 Å². The van der Waals surface area contributed by atoms with Gasteiger partial charge in [-0.15, -0.1) is 12.6 Å². The number of thiol groups is 1. The third kappa shape index (κ3) is 25.5. The van der Waals surface area contributed by atoms with Gasteiger partial charge in [0.25, 0.3) is 0 Å². The van der Waals surface area contributed by atoms with Crippen molar-refractivity contribution in [3.05, 3.63) is 0 Å². The van der Waals surface area contributed by atoms with Crippen molar-refractivity contribution in [2.45, 2.75) is 141 Å². The number of hydrogen-bond donors (Lipinski definition) is 7. The van der Waals surface area contributed by atoms with Crippen LogP contribution >= 0.6 is 12.6 Å². The molecule has 0 fully saturated rings. The highest BCUT2D eigenvalue weighted by atomic mass is 32.1. The molecule has 6 N–H and O–H groups in total. The third-order valence-corrected chi connectivity index (χ3v) is 7.37. The zero-order valence-electron chi connectivity index (χ0n) is 25.4. The van der Waals surface area contributed by atoms with Crippen LogP contribution in [0.5, 0.6) is 0 Å². The number of rotatable bonds is 29. The minimum atomic E-state index is -1.20. The normalized spacial score (nSPS) is 12.2. The summed E-state index contributed by atoms with van der Waals surface area (Å²) in [7, 11) is 0. The van der Waals surface area contributed by atoms with E-state index in [0.29, 0.717) is 6.42 Å². The highest BCUT2D eigenvalue weighted by Gasteiger charge is 2.21. The van der Waals surface area contributed by atoms with Gasteiger partial charge < -0.3 is 31.3 Å². The van der Waals surface area contributed by atoms with E-state index in [1.165, 1.54) is 44.9 Å². The predicted octanol–water partition coefficient (Wildman–Crippen LogP) is 3.49. The van der Waals surface area contributed by atoms with E-state index >= 15 is 0 Å². The predicted molar refractivity (Wildman–Crippen MR) is 166 cm³/mol. The van der Waals surface area contributed by atoms with Crippen molar-refractivity contribution in [1.29, 1.82) is 0 Å². The Bertz CT molecular complexity index is 842. The van der Waals surface area contributed by atoms with Crippen molar-refractivity contribution >= 4 is 47.4 Å². The van der Waals surface area contributed by atoms with Crippen LogP contribution in [0.4, 0.5) is 0 Å². The molecule has 43 heavy (non-hydrogen) atoms. The van der Waals surface area contributed by atoms with Crippen molar-refractivity contribution < 1.29 is 44.1 Å². The number of hydrogen-bond acceptors (Lipinski definition) is 7. The fourth-order valence-electron chi connectivity index (χ4n) is 4.50. The molecule has 0 radical (unpaired) electrons. The zero-order chi connectivity index (χ0) is 32.3. The summed E-state index contributed by atoms with van der Waals surface area (Å²) in [5.41, 5.74) is 0. The monoisotopic (exact) mass is 631 g/mol. The Balaban J connectivity index is 3.80. The number of carbonyl (C=O) groups is 6. The first-order chi connectivity index (χ1) is 20.6. The van der Waals surface area contributed by atoms with Crippen LogP contribution in [-0.2, 0) is 28.8 Å². The average Bonchev–Trinajstić information content (AvgIpc) is 2.95. The molecular formula is C30H53N3O9S. The number of carboxylic acid groups (broad SMARTS) is 2. The molecular weight excluding hydrogens is 578 g/mol. The van der Waals surface area contributed by atoms with Gasteiger partial charge in [0, 0.05) is 32.2 Å². The molecule has 0 aromatic heterocycles. The minimum absolute atomic E-state index is 0.0204. The fraction of sp³-hybridized carbons (Fsp3) is 0.800. The maximum absolute atomic E-state index is 12.2. The molecule has 0 aromatic rings. The Labute approximate surface area is 260 Å². The number of unbranched alkanes of at least 4 members (excludes halogenated alkanes) is 13. The second-order valence-electron chi connectivity index (χ2n) is 10.9. The number of carbonyl (C=O) groups excluding carboxylic acids is 4. The van der Waals surface area contributed by atoms with E-state index in [1.807, 2.05) is 0 Å². The van der Waals surface area contributed by atoms with E-state index < -0.39 is 47.6 Å². The van der Waals surface area contributed by atoms with Gasteiger partial charge in [0.1, 0.15) is 12.1 Å². The molecule has 0 aliphatic heterocycles. The zero-order valence-corrected chi connectivity index (χ0v) is 26.3. The topological polar surface area (TPSA) is 199 Å². The SMILES string of the molecule is O=C(O)CCCCCCCCCCCCCCCCC(=O)NC(CCC(=O)NCCCC(=O)N[C@@H](CO)C(=O)S)C(=O)O. The second-order valence-corrected chi connectivity index (χ2v) is 11.4. The molecule has 2 atom stereocenters. The highest BCUT2D eigenvalue weighted by Crippen LogP contribution is 2.14. The molecule has 0 saturated carbocycles. The molecule has 0 aliphatic rings. The molecule has 248 valence electrons. The molecule has 0 spiro atoms. The lowest BCUT2D eigenvalue weighted by molar-refractivity contribution is -0.142. The molecule has 0 aromatic carbocycles. The maximum Gasteiger partial charge on any atom is 0.326 e. The molecule has 0 bridgehead atoms. The van der Waals surface area contributed by atoms with Crippen LogP contribution in [0.15, 0.2) is 0 Å². The fourth-order valence-corrected chi connectivity index (χ4v) is 4.65. The average molecular weight is 632 g/mol. The molecule has 12 nitrogen and oxygen atoms in total. The molecule has 3 amide bonds. The molecule has 1 unspecified atom stereocenters. The lowest BCUT2D eigenvalue weighted by Gasteiger charge is -2.15. The minimum Gasteiger partial charge on any atom is -0.481 e. The molecule has 0 rings (SSSR count). The third-order valence-electron chi connectivity index (χ3n) is 7.06. The lowest BCUT2D eigenvalue weighted by atomic mass is 10.0. The van der Waals surface area contributed by atoms with Crippen molar-refractivity contribution in [1.82, 2.24) is 16.0 Å². The summed E-state index contributed by atoms with van der Waals surface area (Å²) in [6.07, 6.45) is 15.7. The molecule has 0 saturated heterocycles. The van der Waals surface area contributed by atoms with Gasteiger partial charge in [-0.2, -0.15) is 0 Å². The quantitative estimate of drug-likeness (QED) is 0.0477. The smallest absolute Gasteiger partial charge is 0.326 e. The van der Waals surface area contributed by atoms with Crippen molar-refractivity contribution in [3.63, 3.8) is 0 Å². The van der Waals surface area contributed by atoms with Crippen molar-refractivity contribution in [3.8, 4) is 0 Å². The Morgan fingerprint density at radius 1 is 0.535 bits per heavy atom. The number of nitrogens with one attached hydrogen (secondary N) is 3. The lowest BCUT2D eigenvalue weighted by Crippen LogP contribution is -2.42. The van der Waals surface area contributed by atoms with Gasteiger partial charge in [0.05, 0.1) is 6.61 Å². The van der Waals surface area contributed by atoms with Gasteiger partial charge in [0.15, 0.2) is 0 Å². The summed E-state index contributed by atoms with van der Waals surface area (Å²) in [4.78, 5) is 69.1. The van der Waals surface area contributed by atoms with Crippen LogP contribution in [0.3, 0.4) is 0 Å². The van der Waals surface area contributed by atoms with Gasteiger partial charge in [-0.3, -0.25) is 24.0 Å². The van der Waals surface area contributed by atoms with Gasteiger partial charge in [-0.25, -0.2) is 4.79 Å². The van der Waals surface area contributed by atoms with E-state index in [0.717, 1.165) is 38.5 Å². The second kappa shape index (κ2) is 26.9. The Kier molecular flexibility index (Phi) is 25.2. The summed E-state index contributed by atoms with van der Waals surface area (Å²) in [6.45, 7) is -0.385. The summed E-state index contributed by atoms with van der Waals surface area (Å²) in [6, 6.07) is -2.23. The van der Waals surface area contributed by atoms with Crippen LogP contribution in [-0.4, -0.2) is 75.3 Å². The van der Waals surface area contributed by atoms with Crippen LogP contribution in [0.1, 0.15) is 128 Å². The van der Waals surface area contributed by atoms with Gasteiger partial charge in [-0.05, 0) is 25.7 Å². The number of amides is 3. The van der Waals surface area contributed by atoms with E-state index in [2.05, 4.69) is 28.6 Å². The van der Waals surface area contributed by atoms with E-state index in [4.69, 9.17) is 10.2 Å². The van der Waals surface area contributed by atoms with E-state index in [1.54, 1.807) is 0 Å². The largest absolute Gasteiger partial charge is 0.481 e. The number of aliphatic hydroxyl groups is 1. The van der Waals surface area contributed by atoms with Gasteiger partial charge in [-0.1, -0.05) is 77.0 Å². The molecule has 0 aliphatic carbocycles. The maximum atomic E-state index is 12.2. The summed E-state index contributed by atoms with van der Waals surface area (Å²) >= 11 is 3.57. The van der Waals surface area contributed by atoms with Gasteiger partial charge >= 0.3 is 11.9 Å². The van der Waals surface area contributed by atoms with Crippen LogP contribution < -0.4 is 16.0 Å². The molecule has 13 heteroatoms. The van der Waals surface area contributed by atoms with E-state index in [9.17, 15) is 33.9 Å². The van der Waals surface area contributed by atoms with Gasteiger partial charge in [0.2, 0.25) is 22.8 Å². The standard InChI is InChI=1S/C30H53N3O9S/c34-22-24(30(42)43)33-27(37)17-15-21-31-25(35)20-19-23(29(40)41)32-26(36)16-13-11-9-7-5-3-1-2-4-6-8-10-12-14-18-28(38)39/h23-24,34H,1-22H2,(H,31,35)(H,32,36)(H,33,37)(H,38,39)(H,40,41)(H,42,43)/t23?,24-/m0/s1. The summed E-state index contributed by atoms with van der Waals surface area (Å²) in [5, 5.41) is 33.8. The number of aliphatic carboxylic acids is 2. The first-order valence-electron chi connectivity index (χ1n) is 15.7. The first kappa shape index (κ1) is 40.3. The summed E-state index contributed by atoms with van der Waals surface area (Å²) < 4.78 is 0. The van der Waals surface area contributed by atoms with Crippen LogP contribution in [0, 0.1) is 0 Å². The Morgan fingerprint density at radius 3 is 1.37 bits per heavy atom. The van der Waals surface area contributed by atoms with E-state index in [-0.39, 0.29) is 51.0 Å². The number of carboxylic acids is 2. The number of aliphatic hydroxyl groups excluding tert-OH is 1. The molecule has 0 heterocycles. The van der Waals surface area contributed by atoms with Crippen LogP contribution in [0.25, 0.3) is 0 Å². The highest BCUT2D eigenvalue weighted by molar-refractivity contribution is 7.96. The first-order valence-corrected chi connectivity index (χ1v) is 16.1. The summed E-state index contributed by atoms with van der Waals surface area (Å²) in [5.74, 6) is -3.13.